The SMILES string of the molecule is NCCC(=O)N1CCN(c2ccccc2/C=C2\SC(=O)NC2=O)CC1. The molecule has 1 aromatic rings. The van der Waals surface area contributed by atoms with Gasteiger partial charge in [-0.2, -0.15) is 0 Å². The van der Waals surface area contributed by atoms with Gasteiger partial charge in [0, 0.05) is 44.8 Å². The van der Waals surface area contributed by atoms with E-state index in [-0.39, 0.29) is 17.1 Å². The van der Waals surface area contributed by atoms with Gasteiger partial charge in [-0.05, 0) is 29.5 Å². The molecular formula is C17H20N4O3S. The number of imide groups is 1. The van der Waals surface area contributed by atoms with Crippen LogP contribution in [-0.2, 0) is 9.59 Å². The number of hydrogen-bond donors (Lipinski definition) is 2. The third kappa shape index (κ3) is 4.02. The van der Waals surface area contributed by atoms with E-state index in [4.69, 9.17) is 5.73 Å². The number of para-hydroxylation sites is 1. The van der Waals surface area contributed by atoms with Gasteiger partial charge in [-0.1, -0.05) is 18.2 Å². The van der Waals surface area contributed by atoms with Gasteiger partial charge in [0.15, 0.2) is 0 Å². The van der Waals surface area contributed by atoms with Crippen LogP contribution in [0.5, 0.6) is 0 Å². The number of amides is 3. The minimum absolute atomic E-state index is 0.0927. The number of carbonyl (C=O) groups excluding carboxylic acids is 3. The second kappa shape index (κ2) is 7.71. The van der Waals surface area contributed by atoms with E-state index in [1.807, 2.05) is 29.2 Å². The van der Waals surface area contributed by atoms with Crippen LogP contribution in [0.3, 0.4) is 0 Å². The number of piperazine rings is 1. The molecular weight excluding hydrogens is 340 g/mol. The number of nitrogens with two attached hydrogens (primary N) is 1. The Morgan fingerprint density at radius 1 is 1.20 bits per heavy atom. The predicted molar refractivity (Wildman–Crippen MR) is 98.0 cm³/mol. The van der Waals surface area contributed by atoms with Crippen molar-refractivity contribution in [2.24, 2.45) is 5.73 Å². The normalized spacial score (nSPS) is 19.5. The van der Waals surface area contributed by atoms with E-state index in [1.165, 1.54) is 0 Å². The maximum atomic E-state index is 11.9. The van der Waals surface area contributed by atoms with Crippen LogP contribution < -0.4 is 16.0 Å². The molecule has 1 aromatic carbocycles. The van der Waals surface area contributed by atoms with Crippen LogP contribution in [0.1, 0.15) is 12.0 Å². The molecule has 2 fully saturated rings. The number of rotatable bonds is 4. The van der Waals surface area contributed by atoms with Gasteiger partial charge in [0.1, 0.15) is 0 Å². The Kier molecular flexibility index (Phi) is 5.40. The molecule has 2 heterocycles. The van der Waals surface area contributed by atoms with Crippen molar-refractivity contribution in [2.75, 3.05) is 37.6 Å². The highest BCUT2D eigenvalue weighted by Crippen LogP contribution is 2.30. The van der Waals surface area contributed by atoms with Crippen LogP contribution >= 0.6 is 11.8 Å². The monoisotopic (exact) mass is 360 g/mol. The minimum Gasteiger partial charge on any atom is -0.367 e. The van der Waals surface area contributed by atoms with Crippen molar-refractivity contribution in [1.82, 2.24) is 10.2 Å². The summed E-state index contributed by atoms with van der Waals surface area (Å²) in [5.74, 6) is -0.267. The fraction of sp³-hybridized carbons (Fsp3) is 0.353. The van der Waals surface area contributed by atoms with Crippen molar-refractivity contribution < 1.29 is 14.4 Å². The molecule has 0 aliphatic carbocycles. The van der Waals surface area contributed by atoms with Gasteiger partial charge in [-0.15, -0.1) is 0 Å². The molecule has 3 rings (SSSR count). The first-order chi connectivity index (χ1) is 12.1. The first-order valence-corrected chi connectivity index (χ1v) is 8.97. The summed E-state index contributed by atoms with van der Waals surface area (Å²) >= 11 is 0.912. The van der Waals surface area contributed by atoms with Gasteiger partial charge < -0.3 is 15.5 Å². The second-order valence-electron chi connectivity index (χ2n) is 5.82. The van der Waals surface area contributed by atoms with Crippen molar-refractivity contribution in [3.63, 3.8) is 0 Å². The highest BCUT2D eigenvalue weighted by Gasteiger charge is 2.26. The molecule has 0 radical (unpaired) electrons. The summed E-state index contributed by atoms with van der Waals surface area (Å²) < 4.78 is 0. The molecule has 0 spiro atoms. The molecule has 0 atom stereocenters. The van der Waals surface area contributed by atoms with Crippen LogP contribution in [0.15, 0.2) is 29.2 Å². The van der Waals surface area contributed by atoms with Crippen LogP contribution in [0.4, 0.5) is 10.5 Å². The lowest BCUT2D eigenvalue weighted by atomic mass is 10.1. The lowest BCUT2D eigenvalue weighted by Gasteiger charge is -2.36. The molecule has 0 aromatic heterocycles. The molecule has 3 amide bonds. The van der Waals surface area contributed by atoms with E-state index in [1.54, 1.807) is 6.08 Å². The van der Waals surface area contributed by atoms with E-state index in [0.717, 1.165) is 36.1 Å². The van der Waals surface area contributed by atoms with Crippen molar-refractivity contribution in [2.45, 2.75) is 6.42 Å². The fourth-order valence-corrected chi connectivity index (χ4v) is 3.61. The molecule has 0 bridgehead atoms. The van der Waals surface area contributed by atoms with Gasteiger partial charge in [0.2, 0.25) is 5.91 Å². The minimum atomic E-state index is -0.359. The van der Waals surface area contributed by atoms with Crippen LogP contribution in [0.2, 0.25) is 0 Å². The van der Waals surface area contributed by atoms with Gasteiger partial charge in [0.25, 0.3) is 11.1 Å². The third-order valence-electron chi connectivity index (χ3n) is 4.20. The summed E-state index contributed by atoms with van der Waals surface area (Å²) in [5, 5.41) is 1.92. The maximum Gasteiger partial charge on any atom is 0.290 e. The molecule has 0 unspecified atom stereocenters. The summed E-state index contributed by atoms with van der Waals surface area (Å²) in [6.45, 7) is 3.10. The van der Waals surface area contributed by atoms with Crippen LogP contribution in [0, 0.1) is 0 Å². The molecule has 8 heteroatoms. The molecule has 2 aliphatic rings. The zero-order chi connectivity index (χ0) is 17.8. The van der Waals surface area contributed by atoms with Gasteiger partial charge >= 0.3 is 0 Å². The first kappa shape index (κ1) is 17.5. The largest absolute Gasteiger partial charge is 0.367 e. The zero-order valence-corrected chi connectivity index (χ0v) is 14.6. The lowest BCUT2D eigenvalue weighted by molar-refractivity contribution is -0.131. The number of nitrogens with zero attached hydrogens (tertiary/aromatic N) is 2. The van der Waals surface area contributed by atoms with E-state index < -0.39 is 0 Å². The molecule has 0 saturated carbocycles. The molecule has 2 aliphatic heterocycles. The molecule has 2 saturated heterocycles. The Balaban J connectivity index is 1.74. The Morgan fingerprint density at radius 2 is 1.92 bits per heavy atom. The number of thioether (sulfide) groups is 1. The smallest absolute Gasteiger partial charge is 0.290 e. The third-order valence-corrected chi connectivity index (χ3v) is 5.01. The van der Waals surface area contributed by atoms with Crippen molar-refractivity contribution in [1.29, 1.82) is 0 Å². The van der Waals surface area contributed by atoms with Crippen LogP contribution in [-0.4, -0.2) is 54.7 Å². The van der Waals surface area contributed by atoms with Gasteiger partial charge in [-0.25, -0.2) is 0 Å². The Morgan fingerprint density at radius 3 is 2.56 bits per heavy atom. The summed E-state index contributed by atoms with van der Waals surface area (Å²) in [6, 6.07) is 7.75. The van der Waals surface area contributed by atoms with Gasteiger partial charge in [0.05, 0.1) is 4.91 Å². The second-order valence-corrected chi connectivity index (χ2v) is 6.83. The molecule has 3 N–H and O–H groups in total. The van der Waals surface area contributed by atoms with Crippen molar-refractivity contribution in [3.05, 3.63) is 34.7 Å². The quantitative estimate of drug-likeness (QED) is 0.778. The molecule has 25 heavy (non-hydrogen) atoms. The summed E-state index contributed by atoms with van der Waals surface area (Å²) in [6.07, 6.45) is 2.12. The van der Waals surface area contributed by atoms with E-state index in [9.17, 15) is 14.4 Å². The number of anilines is 1. The number of carbonyl (C=O) groups is 3. The average Bonchev–Trinajstić information content (AvgIpc) is 2.93. The highest BCUT2D eigenvalue weighted by atomic mass is 32.2. The van der Waals surface area contributed by atoms with E-state index in [2.05, 4.69) is 10.2 Å². The van der Waals surface area contributed by atoms with Crippen molar-refractivity contribution in [3.8, 4) is 0 Å². The molecule has 7 nitrogen and oxygen atoms in total. The molecule has 132 valence electrons. The standard InChI is InChI=1S/C17H20N4O3S/c18-6-5-15(22)21-9-7-20(8-10-21)13-4-2-1-3-12(13)11-14-16(23)19-17(24)25-14/h1-4,11H,5-10,18H2,(H,19,23,24)/b14-11-. The fourth-order valence-electron chi connectivity index (χ4n) is 2.94. The van der Waals surface area contributed by atoms with Gasteiger partial charge in [-0.3, -0.25) is 19.7 Å². The number of nitrogens with one attached hydrogen (secondary N) is 1. The summed E-state index contributed by atoms with van der Waals surface area (Å²) in [4.78, 5) is 39.5. The number of benzene rings is 1. The summed E-state index contributed by atoms with van der Waals surface area (Å²) in [5.41, 5.74) is 7.33. The first-order valence-electron chi connectivity index (χ1n) is 8.15. The lowest BCUT2D eigenvalue weighted by Crippen LogP contribution is -2.49. The Bertz CT molecular complexity index is 726. The zero-order valence-electron chi connectivity index (χ0n) is 13.7. The Labute approximate surface area is 150 Å². The summed E-state index contributed by atoms with van der Waals surface area (Å²) in [7, 11) is 0. The van der Waals surface area contributed by atoms with Crippen LogP contribution in [0.25, 0.3) is 6.08 Å². The van der Waals surface area contributed by atoms with E-state index >= 15 is 0 Å². The van der Waals surface area contributed by atoms with Crippen molar-refractivity contribution >= 4 is 40.6 Å². The maximum absolute atomic E-state index is 11.9. The number of hydrogen-bond acceptors (Lipinski definition) is 6. The Hall–Kier alpha value is -2.32. The highest BCUT2D eigenvalue weighted by molar-refractivity contribution is 8.18. The van der Waals surface area contributed by atoms with E-state index in [0.29, 0.717) is 31.0 Å². The topological polar surface area (TPSA) is 95.7 Å². The predicted octanol–water partition coefficient (Wildman–Crippen LogP) is 1.01. The average molecular weight is 360 g/mol.